The molecule has 1 saturated heterocycles. The van der Waals surface area contributed by atoms with Crippen LogP contribution in [0, 0.1) is 23.2 Å². The lowest BCUT2D eigenvalue weighted by molar-refractivity contribution is -0.199. The number of halogens is 3. The summed E-state index contributed by atoms with van der Waals surface area (Å²) in [4.78, 5) is 8.90. The molecule has 4 aliphatic rings. The number of aliphatic carboxylic acids is 1. The maximum atomic E-state index is 10.6. The second kappa shape index (κ2) is 6.98. The smallest absolute Gasteiger partial charge is 0.475 e. The van der Waals surface area contributed by atoms with E-state index in [0.29, 0.717) is 17.3 Å². The summed E-state index contributed by atoms with van der Waals surface area (Å²) < 4.78 is 44.3. The van der Waals surface area contributed by atoms with Gasteiger partial charge in [0.15, 0.2) is 0 Å². The van der Waals surface area contributed by atoms with E-state index < -0.39 is 12.1 Å². The Morgan fingerprint density at radius 3 is 2.27 bits per heavy atom. The average Bonchev–Trinajstić information content (AvgIpc) is 2.83. The lowest BCUT2D eigenvalue weighted by atomic mass is 9.43. The van der Waals surface area contributed by atoms with Crippen molar-refractivity contribution in [3.05, 3.63) is 0 Å². The Balaban J connectivity index is 0.000000298. The van der Waals surface area contributed by atoms with Crippen molar-refractivity contribution in [1.29, 1.82) is 0 Å². The molecular weight excluding hydrogens is 350 g/mol. The van der Waals surface area contributed by atoms with Gasteiger partial charge in [-0.05, 0) is 49.4 Å². The Morgan fingerprint density at radius 2 is 1.85 bits per heavy atom. The van der Waals surface area contributed by atoms with E-state index in [1.165, 1.54) is 6.42 Å². The van der Waals surface area contributed by atoms with Gasteiger partial charge in [0, 0.05) is 5.94 Å². The SMILES string of the molecule is CC(C)CC(N)B1OC2CC3CC(C3(C)C)[C@]2(C)O1.O=C(O)C(F)(F)F. The number of hydrogen-bond acceptors (Lipinski definition) is 4. The van der Waals surface area contributed by atoms with Crippen LogP contribution < -0.4 is 5.73 Å². The zero-order valence-corrected chi connectivity index (χ0v) is 16.0. The summed E-state index contributed by atoms with van der Waals surface area (Å²) in [5.74, 6) is -0.739. The fraction of sp³-hybridized carbons (Fsp3) is 0.941. The van der Waals surface area contributed by atoms with Gasteiger partial charge in [0.25, 0.3) is 0 Å². The Morgan fingerprint density at radius 1 is 1.31 bits per heavy atom. The average molecular weight is 379 g/mol. The second-order valence-corrected chi connectivity index (χ2v) is 8.93. The predicted molar refractivity (Wildman–Crippen MR) is 91.2 cm³/mol. The number of carboxylic acid groups (broad SMARTS) is 1. The van der Waals surface area contributed by atoms with Crippen LogP contribution in [-0.4, -0.2) is 42.0 Å². The van der Waals surface area contributed by atoms with Gasteiger partial charge >= 0.3 is 19.3 Å². The van der Waals surface area contributed by atoms with E-state index >= 15 is 0 Å². The monoisotopic (exact) mass is 379 g/mol. The van der Waals surface area contributed by atoms with Gasteiger partial charge in [-0.3, -0.25) is 0 Å². The summed E-state index contributed by atoms with van der Waals surface area (Å²) in [5.41, 5.74) is 6.56. The van der Waals surface area contributed by atoms with Crippen molar-refractivity contribution in [2.45, 2.75) is 77.7 Å². The van der Waals surface area contributed by atoms with Gasteiger partial charge in [0.2, 0.25) is 0 Å². The van der Waals surface area contributed by atoms with Crippen LogP contribution in [0.4, 0.5) is 13.2 Å². The first-order valence-electron chi connectivity index (χ1n) is 9.08. The molecule has 150 valence electrons. The van der Waals surface area contributed by atoms with Crippen molar-refractivity contribution >= 4 is 13.1 Å². The molecule has 26 heavy (non-hydrogen) atoms. The van der Waals surface area contributed by atoms with Crippen molar-refractivity contribution < 1.29 is 32.4 Å². The van der Waals surface area contributed by atoms with E-state index in [9.17, 15) is 13.2 Å². The van der Waals surface area contributed by atoms with Gasteiger partial charge in [0.05, 0.1) is 11.7 Å². The third-order valence-corrected chi connectivity index (χ3v) is 6.30. The third-order valence-electron chi connectivity index (χ3n) is 6.30. The molecular formula is C17H29BF3NO4. The molecule has 4 fully saturated rings. The van der Waals surface area contributed by atoms with Gasteiger partial charge in [-0.2, -0.15) is 13.2 Å². The largest absolute Gasteiger partial charge is 0.490 e. The van der Waals surface area contributed by atoms with Gasteiger partial charge in [-0.1, -0.05) is 27.7 Å². The van der Waals surface area contributed by atoms with Crippen molar-refractivity contribution in [2.75, 3.05) is 0 Å². The standard InChI is InChI=1S/C15H28BNO2.C2HF3O2/c1-9(2)6-13(17)16-18-12-8-10-7-11(14(10,3)4)15(12,5)19-16;3-2(4,5)1(6)7/h9-13H,6-8,17H2,1-5H3;(H,6,7)/t10?,11?,12?,13?,15-;/m0./s1. The summed E-state index contributed by atoms with van der Waals surface area (Å²) in [7, 11) is -0.201. The van der Waals surface area contributed by atoms with Crippen LogP contribution in [0.15, 0.2) is 0 Å². The maximum Gasteiger partial charge on any atom is 0.490 e. The summed E-state index contributed by atoms with van der Waals surface area (Å²) in [6.45, 7) is 11.4. The lowest BCUT2D eigenvalue weighted by Crippen LogP contribution is -2.65. The Kier molecular flexibility index (Phi) is 5.77. The Labute approximate surface area is 152 Å². The van der Waals surface area contributed by atoms with Gasteiger partial charge in [-0.15, -0.1) is 0 Å². The quantitative estimate of drug-likeness (QED) is 0.736. The molecule has 1 aliphatic heterocycles. The molecule has 9 heteroatoms. The summed E-state index contributed by atoms with van der Waals surface area (Å²) in [6, 6.07) is 0. The van der Waals surface area contributed by atoms with E-state index in [-0.39, 0.29) is 24.8 Å². The van der Waals surface area contributed by atoms with Crippen molar-refractivity contribution in [3.8, 4) is 0 Å². The highest BCUT2D eigenvalue weighted by atomic mass is 19.4. The van der Waals surface area contributed by atoms with Crippen molar-refractivity contribution in [2.24, 2.45) is 28.9 Å². The van der Waals surface area contributed by atoms with Crippen LogP contribution in [0.1, 0.15) is 53.9 Å². The van der Waals surface area contributed by atoms with Crippen LogP contribution in [0.25, 0.3) is 0 Å². The second-order valence-electron chi connectivity index (χ2n) is 8.93. The topological polar surface area (TPSA) is 81.8 Å². The number of rotatable bonds is 3. The molecule has 4 rings (SSSR count). The molecule has 0 aromatic heterocycles. The fourth-order valence-electron chi connectivity index (χ4n) is 4.74. The molecule has 0 radical (unpaired) electrons. The highest BCUT2D eigenvalue weighted by Crippen LogP contribution is 2.65. The normalized spacial score (nSPS) is 35.9. The first-order chi connectivity index (χ1) is 11.7. The minimum Gasteiger partial charge on any atom is -0.475 e. The van der Waals surface area contributed by atoms with E-state index in [0.717, 1.165) is 18.8 Å². The number of carbonyl (C=O) groups is 1. The first-order valence-corrected chi connectivity index (χ1v) is 9.08. The van der Waals surface area contributed by atoms with Gasteiger partial charge in [0.1, 0.15) is 0 Å². The summed E-state index contributed by atoms with van der Waals surface area (Å²) in [5, 5.41) is 7.12. The van der Waals surface area contributed by atoms with Crippen LogP contribution in [-0.2, 0) is 14.1 Å². The molecule has 0 aromatic rings. The molecule has 0 aromatic carbocycles. The van der Waals surface area contributed by atoms with Crippen LogP contribution in [0.5, 0.6) is 0 Å². The fourth-order valence-corrected chi connectivity index (χ4v) is 4.74. The number of hydrogen-bond donors (Lipinski definition) is 2. The molecule has 4 unspecified atom stereocenters. The molecule has 5 atom stereocenters. The lowest BCUT2D eigenvalue weighted by Gasteiger charge is -2.64. The molecule has 5 nitrogen and oxygen atoms in total. The van der Waals surface area contributed by atoms with Crippen LogP contribution >= 0.6 is 0 Å². The Bertz CT molecular complexity index is 543. The molecule has 0 amide bonds. The third kappa shape index (κ3) is 3.89. The van der Waals surface area contributed by atoms with Gasteiger partial charge < -0.3 is 20.1 Å². The van der Waals surface area contributed by atoms with Crippen LogP contribution in [0.2, 0.25) is 0 Å². The van der Waals surface area contributed by atoms with E-state index in [2.05, 4.69) is 34.6 Å². The summed E-state index contributed by atoms with van der Waals surface area (Å²) >= 11 is 0. The predicted octanol–water partition coefficient (Wildman–Crippen LogP) is 3.26. The van der Waals surface area contributed by atoms with Crippen LogP contribution in [0.3, 0.4) is 0 Å². The highest BCUT2D eigenvalue weighted by molar-refractivity contribution is 6.47. The number of alkyl halides is 3. The number of carboxylic acids is 1. The highest BCUT2D eigenvalue weighted by Gasteiger charge is 2.68. The minimum atomic E-state index is -5.08. The zero-order valence-electron chi connectivity index (χ0n) is 16.0. The molecule has 3 N–H and O–H groups in total. The molecule has 1 heterocycles. The first kappa shape index (κ1) is 21.5. The number of nitrogens with two attached hydrogens (primary N) is 1. The molecule has 3 saturated carbocycles. The van der Waals surface area contributed by atoms with Gasteiger partial charge in [-0.25, -0.2) is 4.79 Å². The van der Waals surface area contributed by atoms with Crippen molar-refractivity contribution in [1.82, 2.24) is 0 Å². The van der Waals surface area contributed by atoms with E-state index in [1.807, 2.05) is 0 Å². The zero-order chi connectivity index (χ0) is 20.1. The van der Waals surface area contributed by atoms with E-state index in [1.54, 1.807) is 0 Å². The Hall–Kier alpha value is -0.795. The minimum absolute atomic E-state index is 0.00253. The maximum absolute atomic E-state index is 10.6. The van der Waals surface area contributed by atoms with E-state index in [4.69, 9.17) is 24.9 Å². The summed E-state index contributed by atoms with van der Waals surface area (Å²) in [6.07, 6.45) is -1.42. The van der Waals surface area contributed by atoms with Crippen molar-refractivity contribution in [3.63, 3.8) is 0 Å². The molecule has 0 spiro atoms. The molecule has 3 aliphatic carbocycles. The molecule has 2 bridgehead atoms.